The molecule has 2 aromatic rings. The first kappa shape index (κ1) is 14.6. The SMILES string of the molecule is Cc1ccc(C)n1NS(=O)(=O)c1ccc(CC(=O)O)s1. The summed E-state index contributed by atoms with van der Waals surface area (Å²) in [6.45, 7) is 3.58. The van der Waals surface area contributed by atoms with Gasteiger partial charge < -0.3 is 5.11 Å². The zero-order valence-electron chi connectivity index (χ0n) is 11.0. The number of carboxylic acids is 1. The fraction of sp³-hybridized carbons (Fsp3) is 0.250. The van der Waals surface area contributed by atoms with Crippen LogP contribution in [0.25, 0.3) is 0 Å². The van der Waals surface area contributed by atoms with E-state index >= 15 is 0 Å². The lowest BCUT2D eigenvalue weighted by molar-refractivity contribution is -0.136. The highest BCUT2D eigenvalue weighted by Gasteiger charge is 2.19. The summed E-state index contributed by atoms with van der Waals surface area (Å²) in [5.74, 6) is -0.985. The van der Waals surface area contributed by atoms with Gasteiger partial charge in [-0.1, -0.05) is 0 Å². The summed E-state index contributed by atoms with van der Waals surface area (Å²) in [5.41, 5.74) is 1.54. The summed E-state index contributed by atoms with van der Waals surface area (Å²) in [4.78, 5) is 13.6. The lowest BCUT2D eigenvalue weighted by Crippen LogP contribution is -2.24. The Morgan fingerprint density at radius 1 is 1.25 bits per heavy atom. The zero-order chi connectivity index (χ0) is 14.9. The van der Waals surface area contributed by atoms with E-state index in [-0.39, 0.29) is 10.6 Å². The molecule has 20 heavy (non-hydrogen) atoms. The van der Waals surface area contributed by atoms with Crippen molar-refractivity contribution in [2.24, 2.45) is 0 Å². The maximum atomic E-state index is 12.2. The number of thiophene rings is 1. The number of hydrogen-bond acceptors (Lipinski definition) is 4. The van der Waals surface area contributed by atoms with Crippen molar-refractivity contribution in [2.75, 3.05) is 4.83 Å². The zero-order valence-corrected chi connectivity index (χ0v) is 12.6. The van der Waals surface area contributed by atoms with E-state index in [1.165, 1.54) is 16.8 Å². The van der Waals surface area contributed by atoms with Crippen LogP contribution in [-0.4, -0.2) is 24.2 Å². The van der Waals surface area contributed by atoms with E-state index in [1.807, 2.05) is 12.1 Å². The van der Waals surface area contributed by atoms with Crippen molar-refractivity contribution < 1.29 is 18.3 Å². The van der Waals surface area contributed by atoms with Gasteiger partial charge in [0.1, 0.15) is 4.21 Å². The molecule has 0 saturated heterocycles. The monoisotopic (exact) mass is 314 g/mol. The van der Waals surface area contributed by atoms with Gasteiger partial charge in [0, 0.05) is 16.3 Å². The molecule has 2 N–H and O–H groups in total. The molecule has 0 aliphatic heterocycles. The minimum atomic E-state index is -3.70. The van der Waals surface area contributed by atoms with Crippen LogP contribution in [-0.2, 0) is 21.2 Å². The third-order valence-corrected chi connectivity index (χ3v) is 5.59. The first-order valence-corrected chi connectivity index (χ1v) is 8.08. The van der Waals surface area contributed by atoms with Crippen LogP contribution in [0.4, 0.5) is 0 Å². The molecule has 0 unspecified atom stereocenters. The lowest BCUT2D eigenvalue weighted by Gasteiger charge is -2.11. The van der Waals surface area contributed by atoms with E-state index in [2.05, 4.69) is 4.83 Å². The van der Waals surface area contributed by atoms with Crippen LogP contribution in [0.1, 0.15) is 16.3 Å². The van der Waals surface area contributed by atoms with Gasteiger partial charge in [-0.2, -0.15) is 8.42 Å². The van der Waals surface area contributed by atoms with Crippen molar-refractivity contribution in [3.05, 3.63) is 40.5 Å². The minimum Gasteiger partial charge on any atom is -0.481 e. The lowest BCUT2D eigenvalue weighted by atomic mass is 10.3. The molecule has 6 nitrogen and oxygen atoms in total. The second-order valence-corrected chi connectivity index (χ2v) is 7.39. The number of carbonyl (C=O) groups is 1. The van der Waals surface area contributed by atoms with Crippen molar-refractivity contribution in [2.45, 2.75) is 24.5 Å². The molecule has 0 aliphatic carbocycles. The number of rotatable bonds is 5. The van der Waals surface area contributed by atoms with E-state index in [1.54, 1.807) is 13.8 Å². The predicted molar refractivity (Wildman–Crippen MR) is 76.1 cm³/mol. The summed E-state index contributed by atoms with van der Waals surface area (Å²) in [6.07, 6.45) is -0.179. The number of hydrogen-bond donors (Lipinski definition) is 2. The Hall–Kier alpha value is -1.80. The average molecular weight is 314 g/mol. The summed E-state index contributed by atoms with van der Waals surface area (Å²) < 4.78 is 26.0. The Labute approximate surface area is 120 Å². The summed E-state index contributed by atoms with van der Waals surface area (Å²) >= 11 is 0.957. The molecule has 2 heterocycles. The highest BCUT2D eigenvalue weighted by molar-refractivity contribution is 7.94. The topological polar surface area (TPSA) is 88.4 Å². The molecule has 0 amide bonds. The molecule has 0 atom stereocenters. The van der Waals surface area contributed by atoms with Gasteiger partial charge in [0.25, 0.3) is 10.0 Å². The normalized spacial score (nSPS) is 11.5. The second kappa shape index (κ2) is 5.29. The van der Waals surface area contributed by atoms with Crippen molar-refractivity contribution >= 4 is 27.3 Å². The Morgan fingerprint density at radius 2 is 1.85 bits per heavy atom. The van der Waals surface area contributed by atoms with Gasteiger partial charge in [0.05, 0.1) is 6.42 Å². The molecule has 0 bridgehead atoms. The largest absolute Gasteiger partial charge is 0.481 e. The van der Waals surface area contributed by atoms with E-state index in [9.17, 15) is 13.2 Å². The standard InChI is InChI=1S/C12H14N2O4S2/c1-8-3-4-9(2)14(8)13-20(17,18)12-6-5-10(19-12)7-11(15)16/h3-6,13H,7H2,1-2H3,(H,15,16). The van der Waals surface area contributed by atoms with Gasteiger partial charge >= 0.3 is 5.97 Å². The van der Waals surface area contributed by atoms with Crippen molar-refractivity contribution in [1.82, 2.24) is 4.68 Å². The van der Waals surface area contributed by atoms with Gasteiger partial charge in [-0.15, -0.1) is 11.3 Å². The van der Waals surface area contributed by atoms with Crippen LogP contribution < -0.4 is 4.83 Å². The molecule has 0 fully saturated rings. The molecular formula is C12H14N2O4S2. The molecule has 108 valence electrons. The van der Waals surface area contributed by atoms with E-state index in [0.717, 1.165) is 22.7 Å². The molecule has 0 aromatic carbocycles. The molecule has 2 rings (SSSR count). The van der Waals surface area contributed by atoms with Crippen LogP contribution in [0.2, 0.25) is 0 Å². The number of carboxylic acid groups (broad SMARTS) is 1. The number of nitrogens with zero attached hydrogens (tertiary/aromatic N) is 1. The van der Waals surface area contributed by atoms with Gasteiger partial charge in [-0.05, 0) is 38.1 Å². The Morgan fingerprint density at radius 3 is 2.40 bits per heavy atom. The van der Waals surface area contributed by atoms with E-state index in [0.29, 0.717) is 4.88 Å². The van der Waals surface area contributed by atoms with Gasteiger partial charge in [0.15, 0.2) is 0 Å². The van der Waals surface area contributed by atoms with Crippen molar-refractivity contribution in [3.8, 4) is 0 Å². The van der Waals surface area contributed by atoms with Gasteiger partial charge in [0.2, 0.25) is 0 Å². The molecule has 2 aromatic heterocycles. The Bertz CT molecular complexity index is 724. The summed E-state index contributed by atoms with van der Waals surface area (Å²) in [6, 6.07) is 6.55. The Kier molecular flexibility index (Phi) is 3.87. The number of aryl methyl sites for hydroxylation is 2. The van der Waals surface area contributed by atoms with Crippen molar-refractivity contribution in [1.29, 1.82) is 0 Å². The number of aliphatic carboxylic acids is 1. The van der Waals surface area contributed by atoms with Crippen LogP contribution in [0.5, 0.6) is 0 Å². The molecule has 0 aliphatic rings. The summed E-state index contributed by atoms with van der Waals surface area (Å²) in [7, 11) is -3.70. The second-order valence-electron chi connectivity index (χ2n) is 4.34. The maximum Gasteiger partial charge on any atom is 0.308 e. The number of sulfonamides is 1. The van der Waals surface area contributed by atoms with E-state index < -0.39 is 16.0 Å². The first-order valence-electron chi connectivity index (χ1n) is 5.78. The third-order valence-electron chi connectivity index (χ3n) is 2.71. The minimum absolute atomic E-state index is 0.0984. The quantitative estimate of drug-likeness (QED) is 0.879. The van der Waals surface area contributed by atoms with Gasteiger partial charge in [-0.3, -0.25) is 9.47 Å². The molecule has 0 spiro atoms. The molecule has 0 saturated carbocycles. The fourth-order valence-electron chi connectivity index (χ4n) is 1.72. The fourth-order valence-corrected chi connectivity index (χ4v) is 4.19. The molecule has 0 radical (unpaired) electrons. The molecule has 8 heteroatoms. The number of aromatic nitrogens is 1. The smallest absolute Gasteiger partial charge is 0.308 e. The third kappa shape index (κ3) is 3.02. The number of nitrogens with one attached hydrogen (secondary N) is 1. The van der Waals surface area contributed by atoms with Crippen LogP contribution in [0, 0.1) is 13.8 Å². The van der Waals surface area contributed by atoms with Crippen LogP contribution in [0.15, 0.2) is 28.5 Å². The predicted octanol–water partition coefficient (Wildman–Crippen LogP) is 1.73. The first-order chi connectivity index (χ1) is 9.29. The highest BCUT2D eigenvalue weighted by atomic mass is 32.2. The summed E-state index contributed by atoms with van der Waals surface area (Å²) in [5, 5.41) is 8.70. The van der Waals surface area contributed by atoms with Gasteiger partial charge in [-0.25, -0.2) is 4.83 Å². The average Bonchev–Trinajstić information content (AvgIpc) is 2.91. The maximum absolute atomic E-state index is 12.2. The highest BCUT2D eigenvalue weighted by Crippen LogP contribution is 2.23. The van der Waals surface area contributed by atoms with Crippen molar-refractivity contribution in [3.63, 3.8) is 0 Å². The van der Waals surface area contributed by atoms with Crippen LogP contribution in [0.3, 0.4) is 0 Å². The van der Waals surface area contributed by atoms with Crippen LogP contribution >= 0.6 is 11.3 Å². The molecular weight excluding hydrogens is 300 g/mol. The Balaban J connectivity index is 2.27. The van der Waals surface area contributed by atoms with E-state index in [4.69, 9.17) is 5.11 Å².